The lowest BCUT2D eigenvalue weighted by atomic mass is 9.88. The quantitative estimate of drug-likeness (QED) is 0.395. The molecule has 132 valence electrons. The van der Waals surface area contributed by atoms with Gasteiger partial charge in [0.05, 0.1) is 16.2 Å². The minimum atomic E-state index is -0.420. The molecule has 4 rings (SSSR count). The number of hydrogen-bond donors (Lipinski definition) is 0. The fourth-order valence-corrected chi connectivity index (χ4v) is 3.76. The largest absolute Gasteiger partial charge is 0.294 e. The van der Waals surface area contributed by atoms with Gasteiger partial charge in [-0.1, -0.05) is 30.8 Å². The molecular weight excluding hydrogens is 354 g/mol. The van der Waals surface area contributed by atoms with Gasteiger partial charge < -0.3 is 0 Å². The van der Waals surface area contributed by atoms with Crippen molar-refractivity contribution in [2.45, 2.75) is 30.7 Å². The van der Waals surface area contributed by atoms with Crippen LogP contribution < -0.4 is 0 Å². The lowest BCUT2D eigenvalue weighted by Crippen LogP contribution is -2.20. The van der Waals surface area contributed by atoms with Gasteiger partial charge in [-0.3, -0.25) is 14.9 Å². The number of aromatic nitrogens is 4. The number of carbonyl (C=O) groups is 1. The number of Topliss-reactive ketones (excluding diaryl/α,β-unsaturated/α-hetero) is 1. The van der Waals surface area contributed by atoms with Gasteiger partial charge in [0.1, 0.15) is 0 Å². The molecule has 1 aliphatic carbocycles. The van der Waals surface area contributed by atoms with E-state index in [-0.39, 0.29) is 11.5 Å². The van der Waals surface area contributed by atoms with Gasteiger partial charge in [-0.15, -0.1) is 5.10 Å². The SMILES string of the molecule is CC1CC(=O)c2cn3nc(SCc4ccc([N+](=O)[O-])cc4)nc3nc2C1. The molecular formula is C17H15N5O3S. The summed E-state index contributed by atoms with van der Waals surface area (Å²) in [6.45, 7) is 2.04. The van der Waals surface area contributed by atoms with Crippen molar-refractivity contribution >= 4 is 29.0 Å². The topological polar surface area (TPSA) is 103 Å². The molecule has 1 aromatic carbocycles. The Balaban J connectivity index is 1.54. The van der Waals surface area contributed by atoms with Crippen molar-refractivity contribution in [3.05, 3.63) is 57.4 Å². The molecule has 0 amide bonds. The van der Waals surface area contributed by atoms with Crippen LogP contribution in [0.2, 0.25) is 0 Å². The Morgan fingerprint density at radius 2 is 2.04 bits per heavy atom. The second kappa shape index (κ2) is 6.49. The number of thioether (sulfide) groups is 1. The molecule has 0 radical (unpaired) electrons. The van der Waals surface area contributed by atoms with Crippen LogP contribution in [0.1, 0.15) is 35.0 Å². The smallest absolute Gasteiger partial charge is 0.269 e. The Labute approximate surface area is 152 Å². The standard InChI is InChI=1S/C17H15N5O3S/c1-10-6-14-13(15(23)7-10)8-21-16(18-14)19-17(20-21)26-9-11-2-4-12(5-3-11)22(24)25/h2-5,8,10H,6-7,9H2,1H3. The molecule has 0 saturated carbocycles. The number of non-ortho nitro benzene ring substituents is 1. The molecule has 0 spiro atoms. The van der Waals surface area contributed by atoms with Gasteiger partial charge in [-0.05, 0) is 17.9 Å². The van der Waals surface area contributed by atoms with Crippen molar-refractivity contribution < 1.29 is 9.72 Å². The lowest BCUT2D eigenvalue weighted by molar-refractivity contribution is -0.384. The van der Waals surface area contributed by atoms with E-state index in [1.807, 2.05) is 6.92 Å². The van der Waals surface area contributed by atoms with Gasteiger partial charge in [-0.25, -0.2) is 9.50 Å². The van der Waals surface area contributed by atoms with Gasteiger partial charge in [0, 0.05) is 30.5 Å². The molecule has 3 aromatic rings. The number of rotatable bonds is 4. The minimum absolute atomic E-state index is 0.0679. The first-order valence-corrected chi connectivity index (χ1v) is 9.14. The summed E-state index contributed by atoms with van der Waals surface area (Å²) >= 11 is 1.42. The van der Waals surface area contributed by atoms with Crippen LogP contribution >= 0.6 is 11.8 Å². The van der Waals surface area contributed by atoms with E-state index >= 15 is 0 Å². The maximum atomic E-state index is 12.2. The molecule has 2 heterocycles. The molecule has 0 fully saturated rings. The second-order valence-corrected chi connectivity index (χ2v) is 7.33. The predicted molar refractivity (Wildman–Crippen MR) is 95.3 cm³/mol. The van der Waals surface area contributed by atoms with Crippen LogP contribution in [0.5, 0.6) is 0 Å². The van der Waals surface area contributed by atoms with E-state index in [2.05, 4.69) is 15.1 Å². The minimum Gasteiger partial charge on any atom is -0.294 e. The van der Waals surface area contributed by atoms with Crippen LogP contribution in [-0.2, 0) is 12.2 Å². The number of carbonyl (C=O) groups excluding carboxylic acids is 1. The highest BCUT2D eigenvalue weighted by molar-refractivity contribution is 7.98. The highest BCUT2D eigenvalue weighted by Crippen LogP contribution is 2.26. The average molecular weight is 369 g/mol. The van der Waals surface area contributed by atoms with Crippen molar-refractivity contribution in [1.29, 1.82) is 0 Å². The average Bonchev–Trinajstić information content (AvgIpc) is 3.00. The molecule has 0 aliphatic heterocycles. The Morgan fingerprint density at radius 3 is 2.77 bits per heavy atom. The summed E-state index contributed by atoms with van der Waals surface area (Å²) in [5.41, 5.74) is 2.43. The number of benzene rings is 1. The number of ketones is 1. The second-order valence-electron chi connectivity index (χ2n) is 6.39. The Bertz CT molecular complexity index is 1020. The number of nitrogens with zero attached hydrogens (tertiary/aromatic N) is 5. The number of nitro benzene ring substituents is 1. The first kappa shape index (κ1) is 16.6. The van der Waals surface area contributed by atoms with E-state index in [0.29, 0.717) is 34.6 Å². The fourth-order valence-electron chi connectivity index (χ4n) is 2.98. The van der Waals surface area contributed by atoms with Gasteiger partial charge in [0.25, 0.3) is 11.5 Å². The van der Waals surface area contributed by atoms with Gasteiger partial charge in [0.2, 0.25) is 5.16 Å². The van der Waals surface area contributed by atoms with Crippen LogP contribution in [0.15, 0.2) is 35.6 Å². The molecule has 1 atom stereocenters. The van der Waals surface area contributed by atoms with Gasteiger partial charge >= 0.3 is 0 Å². The molecule has 26 heavy (non-hydrogen) atoms. The fraction of sp³-hybridized carbons (Fsp3) is 0.294. The highest BCUT2D eigenvalue weighted by Gasteiger charge is 2.25. The summed E-state index contributed by atoms with van der Waals surface area (Å²) in [5, 5.41) is 15.6. The number of nitro groups is 1. The third-order valence-electron chi connectivity index (χ3n) is 4.28. The van der Waals surface area contributed by atoms with Crippen LogP contribution in [0.25, 0.3) is 5.78 Å². The molecule has 1 aliphatic rings. The normalized spacial score (nSPS) is 16.7. The molecule has 0 N–H and O–H groups in total. The summed E-state index contributed by atoms with van der Waals surface area (Å²) in [6.07, 6.45) is 3.03. The summed E-state index contributed by atoms with van der Waals surface area (Å²) in [5.74, 6) is 1.47. The summed E-state index contributed by atoms with van der Waals surface area (Å²) in [6, 6.07) is 6.40. The van der Waals surface area contributed by atoms with E-state index in [9.17, 15) is 14.9 Å². The molecule has 9 heteroatoms. The highest BCUT2D eigenvalue weighted by atomic mass is 32.2. The molecule has 2 aromatic heterocycles. The predicted octanol–water partition coefficient (Wildman–Crippen LogP) is 3.09. The van der Waals surface area contributed by atoms with Crippen molar-refractivity contribution in [2.75, 3.05) is 0 Å². The molecule has 0 bridgehead atoms. The lowest BCUT2D eigenvalue weighted by Gasteiger charge is -2.18. The van der Waals surface area contributed by atoms with Crippen molar-refractivity contribution in [3.8, 4) is 0 Å². The van der Waals surface area contributed by atoms with Crippen molar-refractivity contribution in [3.63, 3.8) is 0 Å². The Hall–Kier alpha value is -2.81. The zero-order chi connectivity index (χ0) is 18.3. The van der Waals surface area contributed by atoms with E-state index in [4.69, 9.17) is 0 Å². The van der Waals surface area contributed by atoms with E-state index < -0.39 is 4.92 Å². The summed E-state index contributed by atoms with van der Waals surface area (Å²) in [4.78, 5) is 31.4. The first-order valence-electron chi connectivity index (χ1n) is 8.15. The Morgan fingerprint density at radius 1 is 1.27 bits per heavy atom. The maximum absolute atomic E-state index is 12.2. The zero-order valence-electron chi connectivity index (χ0n) is 14.0. The van der Waals surface area contributed by atoms with E-state index in [1.54, 1.807) is 22.8 Å². The third-order valence-corrected chi connectivity index (χ3v) is 5.19. The van der Waals surface area contributed by atoms with E-state index in [0.717, 1.165) is 17.7 Å². The number of hydrogen-bond acceptors (Lipinski definition) is 7. The summed E-state index contributed by atoms with van der Waals surface area (Å²) < 4.78 is 1.55. The van der Waals surface area contributed by atoms with Gasteiger partial charge in [0.15, 0.2) is 5.78 Å². The molecule has 8 nitrogen and oxygen atoms in total. The molecule has 1 unspecified atom stereocenters. The van der Waals surface area contributed by atoms with Crippen LogP contribution in [-0.4, -0.2) is 30.3 Å². The third kappa shape index (κ3) is 3.17. The zero-order valence-corrected chi connectivity index (χ0v) is 14.8. The monoisotopic (exact) mass is 369 g/mol. The van der Waals surface area contributed by atoms with Crippen LogP contribution in [0.3, 0.4) is 0 Å². The first-order chi connectivity index (χ1) is 12.5. The van der Waals surface area contributed by atoms with Gasteiger partial charge in [-0.2, -0.15) is 4.98 Å². The van der Waals surface area contributed by atoms with Crippen molar-refractivity contribution in [2.24, 2.45) is 5.92 Å². The van der Waals surface area contributed by atoms with Crippen LogP contribution in [0, 0.1) is 16.0 Å². The van der Waals surface area contributed by atoms with Crippen LogP contribution in [0.4, 0.5) is 5.69 Å². The molecule has 0 saturated heterocycles. The maximum Gasteiger partial charge on any atom is 0.269 e. The number of fused-ring (bicyclic) bond motifs is 2. The summed E-state index contributed by atoms with van der Waals surface area (Å²) in [7, 11) is 0. The van der Waals surface area contributed by atoms with Crippen molar-refractivity contribution in [1.82, 2.24) is 19.6 Å². The van der Waals surface area contributed by atoms with E-state index in [1.165, 1.54) is 23.9 Å². The Kier molecular flexibility index (Phi) is 4.15.